The predicted molar refractivity (Wildman–Crippen MR) is 84.7 cm³/mol. The van der Waals surface area contributed by atoms with Crippen molar-refractivity contribution in [3.05, 3.63) is 59.7 Å². The van der Waals surface area contributed by atoms with Crippen LogP contribution >= 0.6 is 0 Å². The molecule has 0 N–H and O–H groups in total. The highest BCUT2D eigenvalue weighted by Crippen LogP contribution is 2.28. The van der Waals surface area contributed by atoms with Crippen LogP contribution in [0.3, 0.4) is 0 Å². The molecule has 2 aromatic rings. The molecule has 0 amide bonds. The molecule has 0 radical (unpaired) electrons. The number of aliphatic imine (C=N–C) groups is 1. The second-order valence-corrected chi connectivity index (χ2v) is 5.19. The lowest BCUT2D eigenvalue weighted by Crippen LogP contribution is -2.28. The zero-order chi connectivity index (χ0) is 15.5. The first-order chi connectivity index (χ1) is 10.7. The van der Waals surface area contributed by atoms with Crippen LogP contribution in [0.2, 0.25) is 0 Å². The van der Waals surface area contributed by atoms with Gasteiger partial charge in [0.25, 0.3) is 0 Å². The van der Waals surface area contributed by atoms with Crippen molar-refractivity contribution >= 4 is 11.7 Å². The van der Waals surface area contributed by atoms with Crippen LogP contribution in [-0.4, -0.2) is 24.8 Å². The van der Waals surface area contributed by atoms with E-state index in [1.807, 2.05) is 55.5 Å². The average molecular weight is 295 g/mol. The highest BCUT2D eigenvalue weighted by Gasteiger charge is 2.25. The molecule has 0 fully saturated rings. The number of para-hydroxylation sites is 1. The number of ether oxygens (including phenoxy) is 2. The van der Waals surface area contributed by atoms with Crippen LogP contribution in [-0.2, 0) is 16.0 Å². The smallest absolute Gasteiger partial charge is 0.330 e. The molecule has 1 heterocycles. The fourth-order valence-electron chi connectivity index (χ4n) is 2.59. The van der Waals surface area contributed by atoms with Crippen molar-refractivity contribution in [1.82, 2.24) is 0 Å². The number of esters is 1. The molecular formula is C18H17NO3. The summed E-state index contributed by atoms with van der Waals surface area (Å²) in [6, 6.07) is 15.1. The Labute approximate surface area is 129 Å². The SMILES string of the molecule is COC(=O)C1Cc2ccc(Oc3ccccc3)cc2C(C)=N1. The van der Waals surface area contributed by atoms with Crippen molar-refractivity contribution in [1.29, 1.82) is 0 Å². The van der Waals surface area contributed by atoms with Crippen molar-refractivity contribution in [2.75, 3.05) is 7.11 Å². The first kappa shape index (κ1) is 14.3. The third-order valence-corrected chi connectivity index (χ3v) is 3.69. The minimum atomic E-state index is -0.446. The number of benzene rings is 2. The highest BCUT2D eigenvalue weighted by atomic mass is 16.5. The molecule has 1 aliphatic heterocycles. The van der Waals surface area contributed by atoms with Gasteiger partial charge in [-0.2, -0.15) is 0 Å². The average Bonchev–Trinajstić information content (AvgIpc) is 2.55. The summed E-state index contributed by atoms with van der Waals surface area (Å²) in [5, 5.41) is 0. The van der Waals surface area contributed by atoms with Gasteiger partial charge in [-0.05, 0) is 36.8 Å². The van der Waals surface area contributed by atoms with E-state index >= 15 is 0 Å². The van der Waals surface area contributed by atoms with Gasteiger partial charge in [0.1, 0.15) is 11.5 Å². The summed E-state index contributed by atoms with van der Waals surface area (Å²) in [5.74, 6) is 1.26. The molecule has 22 heavy (non-hydrogen) atoms. The van der Waals surface area contributed by atoms with Crippen LogP contribution in [0.15, 0.2) is 53.5 Å². The van der Waals surface area contributed by atoms with Crippen LogP contribution in [0, 0.1) is 0 Å². The summed E-state index contributed by atoms with van der Waals surface area (Å²) in [6.07, 6.45) is 0.560. The van der Waals surface area contributed by atoms with Gasteiger partial charge in [0.2, 0.25) is 0 Å². The van der Waals surface area contributed by atoms with Crippen molar-refractivity contribution in [3.8, 4) is 11.5 Å². The molecule has 1 unspecified atom stereocenters. The number of nitrogens with zero attached hydrogens (tertiary/aromatic N) is 1. The summed E-state index contributed by atoms with van der Waals surface area (Å²) in [7, 11) is 1.39. The normalized spacial score (nSPS) is 16.5. The lowest BCUT2D eigenvalue weighted by molar-refractivity contribution is -0.142. The quantitative estimate of drug-likeness (QED) is 0.816. The molecule has 1 atom stereocenters. The second-order valence-electron chi connectivity index (χ2n) is 5.19. The molecule has 3 rings (SSSR count). The molecule has 0 aromatic heterocycles. The Balaban J connectivity index is 1.87. The van der Waals surface area contributed by atoms with Crippen LogP contribution in [0.1, 0.15) is 18.1 Å². The third kappa shape index (κ3) is 2.86. The molecule has 4 heteroatoms. The largest absolute Gasteiger partial charge is 0.467 e. The van der Waals surface area contributed by atoms with E-state index in [0.29, 0.717) is 6.42 Å². The molecule has 0 spiro atoms. The van der Waals surface area contributed by atoms with Crippen LogP contribution in [0.5, 0.6) is 11.5 Å². The number of hydrogen-bond acceptors (Lipinski definition) is 4. The van der Waals surface area contributed by atoms with Gasteiger partial charge in [-0.25, -0.2) is 4.79 Å². The number of fused-ring (bicyclic) bond motifs is 1. The van der Waals surface area contributed by atoms with E-state index in [9.17, 15) is 4.79 Å². The topological polar surface area (TPSA) is 47.9 Å². The van der Waals surface area contributed by atoms with Crippen LogP contribution in [0.4, 0.5) is 0 Å². The molecule has 0 bridgehead atoms. The molecule has 1 aliphatic rings. The van der Waals surface area contributed by atoms with Crippen LogP contribution < -0.4 is 4.74 Å². The molecule has 0 aliphatic carbocycles. The fourth-order valence-corrected chi connectivity index (χ4v) is 2.59. The van der Waals surface area contributed by atoms with E-state index in [1.165, 1.54) is 7.11 Å². The summed E-state index contributed by atoms with van der Waals surface area (Å²) >= 11 is 0. The zero-order valence-electron chi connectivity index (χ0n) is 12.6. The zero-order valence-corrected chi connectivity index (χ0v) is 12.6. The standard InChI is InChI=1S/C18H17NO3/c1-12-16-11-15(22-14-6-4-3-5-7-14)9-8-13(16)10-17(19-12)18(20)21-2/h3-9,11,17H,10H2,1-2H3. The summed E-state index contributed by atoms with van der Waals surface area (Å²) in [4.78, 5) is 16.1. The van der Waals surface area contributed by atoms with Gasteiger partial charge in [0, 0.05) is 17.7 Å². The number of carbonyl (C=O) groups excluding carboxylic acids is 1. The maximum Gasteiger partial charge on any atom is 0.330 e. The molecule has 0 saturated carbocycles. The van der Waals surface area contributed by atoms with Gasteiger partial charge in [0.05, 0.1) is 7.11 Å². The van der Waals surface area contributed by atoms with Gasteiger partial charge >= 0.3 is 5.97 Å². The van der Waals surface area contributed by atoms with E-state index in [2.05, 4.69) is 4.99 Å². The maximum absolute atomic E-state index is 11.7. The monoisotopic (exact) mass is 295 g/mol. The summed E-state index contributed by atoms with van der Waals surface area (Å²) in [6.45, 7) is 1.90. The van der Waals surface area contributed by atoms with E-state index in [0.717, 1.165) is 28.3 Å². The highest BCUT2D eigenvalue weighted by molar-refractivity contribution is 6.03. The first-order valence-electron chi connectivity index (χ1n) is 7.16. The molecule has 0 saturated heterocycles. The minimum Gasteiger partial charge on any atom is -0.467 e. The van der Waals surface area contributed by atoms with Crippen molar-refractivity contribution in [2.24, 2.45) is 4.99 Å². The minimum absolute atomic E-state index is 0.297. The van der Waals surface area contributed by atoms with Gasteiger partial charge in [0.15, 0.2) is 6.04 Å². The predicted octanol–water partition coefficient (Wildman–Crippen LogP) is 3.39. The lowest BCUT2D eigenvalue weighted by atomic mass is 9.94. The van der Waals surface area contributed by atoms with E-state index in [4.69, 9.17) is 9.47 Å². The van der Waals surface area contributed by atoms with E-state index in [-0.39, 0.29) is 5.97 Å². The Hall–Kier alpha value is -2.62. The van der Waals surface area contributed by atoms with Crippen molar-refractivity contribution in [3.63, 3.8) is 0 Å². The summed E-state index contributed by atoms with van der Waals surface area (Å²) in [5.41, 5.74) is 2.94. The lowest BCUT2D eigenvalue weighted by Gasteiger charge is -2.21. The Bertz CT molecular complexity index is 722. The first-order valence-corrected chi connectivity index (χ1v) is 7.16. The number of methoxy groups -OCH3 is 1. The number of hydrogen-bond donors (Lipinski definition) is 0. The van der Waals surface area contributed by atoms with Gasteiger partial charge in [-0.1, -0.05) is 24.3 Å². The van der Waals surface area contributed by atoms with Crippen LogP contribution in [0.25, 0.3) is 0 Å². The Morgan fingerprint density at radius 2 is 1.91 bits per heavy atom. The molecule has 2 aromatic carbocycles. The van der Waals surface area contributed by atoms with Crippen molar-refractivity contribution < 1.29 is 14.3 Å². The number of carbonyl (C=O) groups is 1. The van der Waals surface area contributed by atoms with Gasteiger partial charge in [-0.15, -0.1) is 0 Å². The second kappa shape index (κ2) is 6.02. The Morgan fingerprint density at radius 3 is 2.64 bits per heavy atom. The molecular weight excluding hydrogens is 278 g/mol. The van der Waals surface area contributed by atoms with E-state index in [1.54, 1.807) is 0 Å². The Morgan fingerprint density at radius 1 is 1.14 bits per heavy atom. The van der Waals surface area contributed by atoms with Gasteiger partial charge in [-0.3, -0.25) is 4.99 Å². The van der Waals surface area contributed by atoms with Gasteiger partial charge < -0.3 is 9.47 Å². The van der Waals surface area contributed by atoms with Crippen molar-refractivity contribution in [2.45, 2.75) is 19.4 Å². The Kier molecular flexibility index (Phi) is 3.92. The third-order valence-electron chi connectivity index (χ3n) is 3.69. The maximum atomic E-state index is 11.7. The number of rotatable bonds is 3. The fraction of sp³-hybridized carbons (Fsp3) is 0.222. The summed E-state index contributed by atoms with van der Waals surface area (Å²) < 4.78 is 10.6. The van der Waals surface area contributed by atoms with E-state index < -0.39 is 6.04 Å². The molecule has 112 valence electrons. The molecule has 4 nitrogen and oxygen atoms in total.